The van der Waals surface area contributed by atoms with Crippen LogP contribution in [-0.4, -0.2) is 4.57 Å². The summed E-state index contributed by atoms with van der Waals surface area (Å²) in [7, 11) is 0. The monoisotopic (exact) mass is 600 g/mol. The van der Waals surface area contributed by atoms with Crippen LogP contribution in [0.25, 0.3) is 49.7 Å². The lowest BCUT2D eigenvalue weighted by Gasteiger charge is -2.33. The van der Waals surface area contributed by atoms with E-state index in [0.29, 0.717) is 5.56 Å². The lowest BCUT2D eigenvalue weighted by atomic mass is 9.70. The molecular weight excluding hydrogens is 556 g/mol. The van der Waals surface area contributed by atoms with E-state index < -0.39 is 0 Å². The van der Waals surface area contributed by atoms with Crippen molar-refractivity contribution >= 4 is 21.8 Å². The fraction of sp³-hybridized carbons (Fsp3) is 0.295. The molecule has 0 atom stereocenters. The highest BCUT2D eigenvalue weighted by Gasteiger charge is 2.42. The Morgan fingerprint density at radius 1 is 0.565 bits per heavy atom. The maximum Gasteiger partial charge on any atom is 0.0991 e. The van der Waals surface area contributed by atoms with Crippen molar-refractivity contribution in [1.29, 1.82) is 5.26 Å². The van der Waals surface area contributed by atoms with Gasteiger partial charge in [0.2, 0.25) is 0 Å². The second kappa shape index (κ2) is 13.0. The van der Waals surface area contributed by atoms with Crippen LogP contribution in [0.15, 0.2) is 109 Å². The lowest BCUT2D eigenvalue weighted by Crippen LogP contribution is -2.26. The molecule has 0 fully saturated rings. The fourth-order valence-electron chi connectivity index (χ4n) is 8.11. The molecule has 0 radical (unpaired) electrons. The molecule has 1 aliphatic rings. The number of fused-ring (bicyclic) bond motifs is 6. The fourth-order valence-corrected chi connectivity index (χ4v) is 8.11. The van der Waals surface area contributed by atoms with Crippen LogP contribution in [0.2, 0.25) is 0 Å². The molecule has 0 bridgehead atoms. The van der Waals surface area contributed by atoms with Gasteiger partial charge in [0.1, 0.15) is 0 Å². The van der Waals surface area contributed by atoms with Crippen LogP contribution in [0, 0.1) is 11.3 Å². The van der Waals surface area contributed by atoms with Crippen LogP contribution >= 0.6 is 0 Å². The van der Waals surface area contributed by atoms with Crippen LogP contribution in [0.1, 0.15) is 94.7 Å². The number of aromatic nitrogens is 1. The van der Waals surface area contributed by atoms with Crippen molar-refractivity contribution in [2.24, 2.45) is 0 Å². The topological polar surface area (TPSA) is 28.7 Å². The molecule has 0 spiro atoms. The Morgan fingerprint density at radius 3 is 1.70 bits per heavy atom. The highest BCUT2D eigenvalue weighted by molar-refractivity contribution is 6.09. The Morgan fingerprint density at radius 2 is 1.11 bits per heavy atom. The molecule has 7 rings (SSSR count). The molecule has 0 amide bonds. The zero-order chi connectivity index (χ0) is 31.5. The van der Waals surface area contributed by atoms with E-state index in [1.54, 1.807) is 0 Å². The van der Waals surface area contributed by atoms with E-state index in [-0.39, 0.29) is 5.41 Å². The Bertz CT molecular complexity index is 1970. The van der Waals surface area contributed by atoms with Crippen molar-refractivity contribution in [3.8, 4) is 34.0 Å². The summed E-state index contributed by atoms with van der Waals surface area (Å²) in [6.45, 7) is 4.62. The van der Waals surface area contributed by atoms with Gasteiger partial charge in [-0.2, -0.15) is 5.26 Å². The van der Waals surface area contributed by atoms with E-state index in [4.69, 9.17) is 0 Å². The first-order chi connectivity index (χ1) is 22.7. The van der Waals surface area contributed by atoms with Gasteiger partial charge in [0.15, 0.2) is 0 Å². The molecular formula is C44H44N2. The highest BCUT2D eigenvalue weighted by Crippen LogP contribution is 2.55. The van der Waals surface area contributed by atoms with Gasteiger partial charge in [0.25, 0.3) is 0 Å². The Balaban J connectivity index is 1.42. The van der Waals surface area contributed by atoms with Gasteiger partial charge >= 0.3 is 0 Å². The van der Waals surface area contributed by atoms with Gasteiger partial charge in [-0.25, -0.2) is 0 Å². The number of hydrogen-bond donors (Lipinski definition) is 0. The van der Waals surface area contributed by atoms with E-state index in [1.165, 1.54) is 125 Å². The van der Waals surface area contributed by atoms with Crippen molar-refractivity contribution in [3.63, 3.8) is 0 Å². The normalized spacial score (nSPS) is 13.2. The van der Waals surface area contributed by atoms with Crippen LogP contribution < -0.4 is 0 Å². The molecule has 230 valence electrons. The number of nitriles is 1. The summed E-state index contributed by atoms with van der Waals surface area (Å²) in [4.78, 5) is 0. The molecule has 0 saturated carbocycles. The molecule has 1 aromatic heterocycles. The zero-order valence-corrected chi connectivity index (χ0v) is 27.4. The predicted molar refractivity (Wildman–Crippen MR) is 195 cm³/mol. The summed E-state index contributed by atoms with van der Waals surface area (Å²) in [6, 6.07) is 42.5. The Kier molecular flexibility index (Phi) is 8.51. The minimum absolute atomic E-state index is 0.0243. The van der Waals surface area contributed by atoms with Crippen molar-refractivity contribution in [3.05, 3.63) is 126 Å². The van der Waals surface area contributed by atoms with E-state index in [0.717, 1.165) is 0 Å². The summed E-state index contributed by atoms with van der Waals surface area (Å²) < 4.78 is 2.48. The van der Waals surface area contributed by atoms with Crippen molar-refractivity contribution in [2.45, 2.75) is 83.5 Å². The van der Waals surface area contributed by atoms with Crippen LogP contribution in [0.3, 0.4) is 0 Å². The third-order valence-electron chi connectivity index (χ3n) is 10.4. The number of benzene rings is 5. The first kappa shape index (κ1) is 30.1. The molecule has 2 heteroatoms. The molecule has 0 aliphatic heterocycles. The predicted octanol–water partition coefficient (Wildman–Crippen LogP) is 12.5. The molecule has 2 nitrogen and oxygen atoms in total. The third kappa shape index (κ3) is 5.23. The van der Waals surface area contributed by atoms with Gasteiger partial charge < -0.3 is 4.57 Å². The zero-order valence-electron chi connectivity index (χ0n) is 27.4. The first-order valence-electron chi connectivity index (χ1n) is 17.5. The van der Waals surface area contributed by atoms with Crippen molar-refractivity contribution in [2.75, 3.05) is 0 Å². The SMILES string of the molecule is CCCCCCC1(CCCCCC)c2cc(-c3ccc(C#N)cc3)ccc2-c2ccc(-n3c4ccccc4c4ccccc43)cc21. The number of hydrogen-bond acceptors (Lipinski definition) is 1. The van der Waals surface area contributed by atoms with Gasteiger partial charge in [-0.05, 0) is 88.7 Å². The van der Waals surface area contributed by atoms with Gasteiger partial charge in [0.05, 0.1) is 22.7 Å². The molecule has 6 aromatic rings. The van der Waals surface area contributed by atoms with E-state index in [1.807, 2.05) is 12.1 Å². The molecule has 0 N–H and O–H groups in total. The van der Waals surface area contributed by atoms with Crippen molar-refractivity contribution in [1.82, 2.24) is 4.57 Å². The van der Waals surface area contributed by atoms with Gasteiger partial charge in [-0.1, -0.05) is 132 Å². The average molecular weight is 601 g/mol. The standard InChI is InChI=1S/C44H44N2/c1-3-5-7-13-27-44(28-14-8-6-4-2)40-29-34(33-21-19-32(31-45)20-22-33)23-25-36(40)37-26-24-35(30-41(37)44)46-42-17-11-9-15-38(42)39-16-10-12-18-43(39)46/h9-12,15-26,29-30H,3-8,13-14,27-28H2,1-2H3. The van der Waals surface area contributed by atoms with Gasteiger partial charge in [0, 0.05) is 21.9 Å². The van der Waals surface area contributed by atoms with Crippen molar-refractivity contribution < 1.29 is 0 Å². The summed E-state index contributed by atoms with van der Waals surface area (Å²) in [5.74, 6) is 0. The summed E-state index contributed by atoms with van der Waals surface area (Å²) >= 11 is 0. The number of unbranched alkanes of at least 4 members (excludes halogenated alkanes) is 6. The van der Waals surface area contributed by atoms with Gasteiger partial charge in [-0.15, -0.1) is 0 Å². The molecule has 46 heavy (non-hydrogen) atoms. The smallest absolute Gasteiger partial charge is 0.0991 e. The number of rotatable bonds is 12. The second-order valence-corrected chi connectivity index (χ2v) is 13.3. The maximum absolute atomic E-state index is 9.39. The molecule has 0 saturated heterocycles. The second-order valence-electron chi connectivity index (χ2n) is 13.3. The molecule has 0 unspecified atom stereocenters. The highest BCUT2D eigenvalue weighted by atomic mass is 15.0. The quantitative estimate of drug-likeness (QED) is 0.128. The van der Waals surface area contributed by atoms with Crippen LogP contribution in [-0.2, 0) is 5.41 Å². The number of nitrogens with zero attached hydrogens (tertiary/aromatic N) is 2. The van der Waals surface area contributed by atoms with E-state index in [9.17, 15) is 5.26 Å². The third-order valence-corrected chi connectivity index (χ3v) is 10.4. The maximum atomic E-state index is 9.39. The van der Waals surface area contributed by atoms with E-state index in [2.05, 4.69) is 122 Å². The molecule has 5 aromatic carbocycles. The lowest BCUT2D eigenvalue weighted by molar-refractivity contribution is 0.401. The van der Waals surface area contributed by atoms with E-state index >= 15 is 0 Å². The Hall–Kier alpha value is -4.61. The minimum atomic E-state index is -0.0243. The van der Waals surface area contributed by atoms with Crippen LogP contribution in [0.4, 0.5) is 0 Å². The molecule has 1 heterocycles. The number of para-hydroxylation sites is 2. The first-order valence-corrected chi connectivity index (χ1v) is 17.5. The summed E-state index contributed by atoms with van der Waals surface area (Å²) in [6.07, 6.45) is 12.5. The largest absolute Gasteiger partial charge is 0.309 e. The summed E-state index contributed by atoms with van der Waals surface area (Å²) in [5, 5.41) is 12.0. The van der Waals surface area contributed by atoms with Crippen LogP contribution in [0.5, 0.6) is 0 Å². The Labute approximate surface area is 274 Å². The summed E-state index contributed by atoms with van der Waals surface area (Å²) in [5.41, 5.74) is 12.7. The average Bonchev–Trinajstić information content (AvgIpc) is 3.58. The van der Waals surface area contributed by atoms with Gasteiger partial charge in [-0.3, -0.25) is 0 Å². The molecule has 1 aliphatic carbocycles. The minimum Gasteiger partial charge on any atom is -0.309 e.